The van der Waals surface area contributed by atoms with Crippen molar-refractivity contribution in [2.24, 2.45) is 0 Å². The number of ether oxygens (including phenoxy) is 1. The van der Waals surface area contributed by atoms with Crippen molar-refractivity contribution in [2.75, 3.05) is 0 Å². The van der Waals surface area contributed by atoms with Gasteiger partial charge in [0.25, 0.3) is 0 Å². The zero-order valence-corrected chi connectivity index (χ0v) is 16.0. The molecule has 0 unspecified atom stereocenters. The van der Waals surface area contributed by atoms with Gasteiger partial charge in [-0.25, -0.2) is 9.78 Å². The molecule has 2 aromatic heterocycles. The summed E-state index contributed by atoms with van der Waals surface area (Å²) < 4.78 is 33.3. The molecular weight excluding hydrogens is 376 g/mol. The average Bonchev–Trinajstić information content (AvgIpc) is 3.09. The Bertz CT molecular complexity index is 1200. The van der Waals surface area contributed by atoms with Gasteiger partial charge in [0.2, 0.25) is 0 Å². The highest BCUT2D eigenvalue weighted by Gasteiger charge is 2.20. The molecule has 0 saturated heterocycles. The fourth-order valence-electron chi connectivity index (χ4n) is 3.28. The van der Waals surface area contributed by atoms with Crippen LogP contribution in [-0.2, 0) is 11.3 Å². The maximum atomic E-state index is 13.6. The van der Waals surface area contributed by atoms with Crippen LogP contribution in [0, 0.1) is 0 Å². The Hall–Kier alpha value is -3.35. The number of hydrogen-bond donors (Lipinski definition) is 0. The Morgan fingerprint density at radius 2 is 1.72 bits per heavy atom. The molecule has 0 saturated carbocycles. The molecule has 2 aromatic carbocycles. The number of fused-ring (bicyclic) bond motifs is 2. The zero-order chi connectivity index (χ0) is 20.5. The number of imidazole rings is 1. The molecule has 0 radical (unpaired) electrons. The van der Waals surface area contributed by atoms with Crippen LogP contribution in [0.2, 0.25) is 0 Å². The van der Waals surface area contributed by atoms with Gasteiger partial charge in [-0.05, 0) is 30.2 Å². The van der Waals surface area contributed by atoms with Crippen molar-refractivity contribution in [3.05, 3.63) is 71.7 Å². The smallest absolute Gasteiger partial charge is 0.339 e. The fraction of sp³-hybridized carbons (Fsp3) is 0.227. The topological polar surface area (TPSA) is 57.0 Å². The molecule has 0 aliphatic rings. The number of benzene rings is 2. The molecule has 0 bridgehead atoms. The Morgan fingerprint density at radius 1 is 1.03 bits per heavy atom. The highest BCUT2D eigenvalue weighted by atomic mass is 19.3. The summed E-state index contributed by atoms with van der Waals surface area (Å²) >= 11 is 0. The summed E-state index contributed by atoms with van der Waals surface area (Å²) in [7, 11) is 0. The van der Waals surface area contributed by atoms with E-state index in [1.807, 2.05) is 32.0 Å². The second kappa shape index (κ2) is 7.58. The summed E-state index contributed by atoms with van der Waals surface area (Å²) in [5, 5.41) is 0.657. The first kappa shape index (κ1) is 19.0. The van der Waals surface area contributed by atoms with Gasteiger partial charge >= 0.3 is 12.5 Å². The molecule has 7 heteroatoms. The number of carbonyl (C=O) groups excluding carboxylic acids is 1. The first-order valence-electron chi connectivity index (χ1n) is 9.26. The average molecular weight is 395 g/mol. The van der Waals surface area contributed by atoms with E-state index in [0.29, 0.717) is 27.5 Å². The van der Waals surface area contributed by atoms with Crippen LogP contribution in [0.15, 0.2) is 54.6 Å². The molecule has 4 aromatic rings. The van der Waals surface area contributed by atoms with Gasteiger partial charge in [-0.2, -0.15) is 8.78 Å². The molecule has 0 fully saturated rings. The van der Waals surface area contributed by atoms with Crippen LogP contribution in [-0.4, -0.2) is 20.5 Å². The van der Waals surface area contributed by atoms with E-state index in [9.17, 15) is 13.6 Å². The highest BCUT2D eigenvalue weighted by Crippen LogP contribution is 2.26. The van der Waals surface area contributed by atoms with Crippen LogP contribution < -0.4 is 0 Å². The van der Waals surface area contributed by atoms with Crippen molar-refractivity contribution in [3.8, 4) is 0 Å². The number of para-hydroxylation sites is 3. The van der Waals surface area contributed by atoms with Crippen molar-refractivity contribution in [1.82, 2.24) is 14.5 Å². The van der Waals surface area contributed by atoms with Crippen LogP contribution in [0.5, 0.6) is 0 Å². The third kappa shape index (κ3) is 3.55. The van der Waals surface area contributed by atoms with Crippen molar-refractivity contribution < 1.29 is 18.3 Å². The Kier molecular flexibility index (Phi) is 4.96. The molecular formula is C22H19F2N3O2. The van der Waals surface area contributed by atoms with E-state index in [0.717, 1.165) is 10.3 Å². The van der Waals surface area contributed by atoms with E-state index in [-0.39, 0.29) is 18.3 Å². The van der Waals surface area contributed by atoms with E-state index in [2.05, 4.69) is 9.97 Å². The number of pyridine rings is 1. The summed E-state index contributed by atoms with van der Waals surface area (Å²) in [5.74, 6) is -0.482. The SMILES string of the molecule is CC(C)c1cc(C(=O)OCc2nc3ccccc3n2C(F)F)c2ccccc2n1. The maximum Gasteiger partial charge on any atom is 0.339 e. The minimum Gasteiger partial charge on any atom is -0.454 e. The minimum absolute atomic E-state index is 0.00278. The quantitative estimate of drug-likeness (QED) is 0.421. The van der Waals surface area contributed by atoms with E-state index in [1.54, 1.807) is 36.4 Å². The van der Waals surface area contributed by atoms with E-state index < -0.39 is 12.5 Å². The second-order valence-corrected chi connectivity index (χ2v) is 7.01. The molecule has 0 aliphatic heterocycles. The normalized spacial score (nSPS) is 11.7. The lowest BCUT2D eigenvalue weighted by molar-refractivity contribution is 0.0389. The molecule has 4 rings (SSSR count). The summed E-state index contributed by atoms with van der Waals surface area (Å²) in [6, 6.07) is 15.6. The third-order valence-electron chi connectivity index (χ3n) is 4.74. The predicted molar refractivity (Wildman–Crippen MR) is 106 cm³/mol. The van der Waals surface area contributed by atoms with Gasteiger partial charge in [0.15, 0.2) is 5.82 Å². The van der Waals surface area contributed by atoms with Crippen LogP contribution in [0.4, 0.5) is 8.78 Å². The number of alkyl halides is 2. The monoisotopic (exact) mass is 395 g/mol. The summed E-state index contributed by atoms with van der Waals surface area (Å²) in [5.41, 5.74) is 2.53. The number of nitrogens with zero attached hydrogens (tertiary/aromatic N) is 3. The third-order valence-corrected chi connectivity index (χ3v) is 4.74. The number of aromatic nitrogens is 3. The fourth-order valence-corrected chi connectivity index (χ4v) is 3.28. The van der Waals surface area contributed by atoms with Gasteiger partial charge in [-0.1, -0.05) is 44.2 Å². The van der Waals surface area contributed by atoms with Gasteiger partial charge < -0.3 is 4.74 Å². The molecule has 0 atom stereocenters. The summed E-state index contributed by atoms with van der Waals surface area (Å²) in [6.07, 6.45) is 0. The number of hydrogen-bond acceptors (Lipinski definition) is 4. The molecule has 0 aliphatic carbocycles. The van der Waals surface area contributed by atoms with Gasteiger partial charge in [0, 0.05) is 11.1 Å². The Labute approximate surface area is 166 Å². The molecule has 5 nitrogen and oxygen atoms in total. The van der Waals surface area contributed by atoms with Crippen LogP contribution in [0.25, 0.3) is 21.9 Å². The molecule has 29 heavy (non-hydrogen) atoms. The van der Waals surface area contributed by atoms with Crippen molar-refractivity contribution in [3.63, 3.8) is 0 Å². The van der Waals surface area contributed by atoms with Crippen LogP contribution >= 0.6 is 0 Å². The lowest BCUT2D eigenvalue weighted by atomic mass is 10.0. The predicted octanol–water partition coefficient (Wildman–Crippen LogP) is 5.46. The lowest BCUT2D eigenvalue weighted by Gasteiger charge is -2.12. The number of carbonyl (C=O) groups is 1. The van der Waals surface area contributed by atoms with E-state index in [1.165, 1.54) is 0 Å². The van der Waals surface area contributed by atoms with Gasteiger partial charge in [-0.15, -0.1) is 0 Å². The van der Waals surface area contributed by atoms with E-state index in [4.69, 9.17) is 4.74 Å². The minimum atomic E-state index is -2.79. The Balaban J connectivity index is 1.68. The standard InChI is InChI=1S/C22H19F2N3O2/c1-13(2)18-11-15(14-7-3-4-8-16(14)25-18)21(28)29-12-20-26-17-9-5-6-10-19(17)27(20)22(23)24/h3-11,13,22H,12H2,1-2H3. The molecule has 2 heterocycles. The van der Waals surface area contributed by atoms with Gasteiger partial charge in [0.1, 0.15) is 6.61 Å². The zero-order valence-electron chi connectivity index (χ0n) is 16.0. The van der Waals surface area contributed by atoms with Gasteiger partial charge in [-0.3, -0.25) is 9.55 Å². The highest BCUT2D eigenvalue weighted by molar-refractivity contribution is 6.03. The van der Waals surface area contributed by atoms with Crippen molar-refractivity contribution in [1.29, 1.82) is 0 Å². The van der Waals surface area contributed by atoms with Crippen molar-refractivity contribution >= 4 is 27.9 Å². The van der Waals surface area contributed by atoms with E-state index >= 15 is 0 Å². The molecule has 0 amide bonds. The molecule has 148 valence electrons. The number of halogens is 2. The van der Waals surface area contributed by atoms with Crippen LogP contribution in [0.3, 0.4) is 0 Å². The summed E-state index contributed by atoms with van der Waals surface area (Å²) in [4.78, 5) is 21.6. The molecule has 0 N–H and O–H groups in total. The lowest BCUT2D eigenvalue weighted by Crippen LogP contribution is -2.12. The first-order chi connectivity index (χ1) is 14.0. The van der Waals surface area contributed by atoms with Crippen molar-refractivity contribution in [2.45, 2.75) is 32.9 Å². The van der Waals surface area contributed by atoms with Gasteiger partial charge in [0.05, 0.1) is 22.1 Å². The number of rotatable bonds is 5. The molecule has 0 spiro atoms. The Morgan fingerprint density at radius 3 is 2.45 bits per heavy atom. The largest absolute Gasteiger partial charge is 0.454 e. The number of esters is 1. The summed E-state index contributed by atoms with van der Waals surface area (Å²) in [6.45, 7) is 0.824. The van der Waals surface area contributed by atoms with Crippen LogP contribution in [0.1, 0.15) is 48.2 Å². The maximum absolute atomic E-state index is 13.6. The second-order valence-electron chi connectivity index (χ2n) is 7.01. The first-order valence-corrected chi connectivity index (χ1v) is 9.26.